The Morgan fingerprint density at radius 1 is 1.06 bits per heavy atom. The number of sulfonamides is 1. The van der Waals surface area contributed by atoms with Gasteiger partial charge in [0.15, 0.2) is 11.5 Å². The van der Waals surface area contributed by atoms with Crippen molar-refractivity contribution >= 4 is 44.4 Å². The van der Waals surface area contributed by atoms with Crippen LogP contribution in [0.5, 0.6) is 11.5 Å². The number of benzene rings is 3. The summed E-state index contributed by atoms with van der Waals surface area (Å²) in [4.78, 5) is 10.2. The van der Waals surface area contributed by atoms with Crippen molar-refractivity contribution in [1.82, 2.24) is 0 Å². The molecule has 3 aromatic carbocycles. The first-order chi connectivity index (χ1) is 15.7. The Balaban J connectivity index is 1.67. The van der Waals surface area contributed by atoms with Gasteiger partial charge in [0.1, 0.15) is 4.90 Å². The second-order valence-corrected chi connectivity index (χ2v) is 8.96. The van der Waals surface area contributed by atoms with Gasteiger partial charge in [0, 0.05) is 17.7 Å². The van der Waals surface area contributed by atoms with Crippen molar-refractivity contribution in [3.05, 3.63) is 81.4 Å². The normalized spacial score (nSPS) is 13.0. The Hall–Kier alpha value is -3.83. The van der Waals surface area contributed by atoms with Crippen LogP contribution in [0.4, 0.5) is 17.1 Å². The monoisotopic (exact) mass is 488 g/mol. The first-order valence-electron chi connectivity index (χ1n) is 9.51. The quantitative estimate of drug-likeness (QED) is 0.282. The molecule has 0 aromatic heterocycles. The highest BCUT2D eigenvalue weighted by molar-refractivity contribution is 7.93. The average molecular weight is 489 g/mol. The molecule has 1 heterocycles. The molecular formula is C21H17ClN4O6S. The topological polar surface area (TPSA) is 132 Å². The Kier molecular flexibility index (Phi) is 6.07. The van der Waals surface area contributed by atoms with Crippen LogP contribution in [0.2, 0.25) is 5.02 Å². The minimum absolute atomic E-state index is 0.0419. The van der Waals surface area contributed by atoms with Crippen LogP contribution in [0.15, 0.2) is 70.7 Å². The molecule has 0 aliphatic carbocycles. The van der Waals surface area contributed by atoms with E-state index in [4.69, 9.17) is 21.1 Å². The summed E-state index contributed by atoms with van der Waals surface area (Å²) in [6, 6.07) is 14.9. The highest BCUT2D eigenvalue weighted by atomic mass is 35.5. The van der Waals surface area contributed by atoms with Gasteiger partial charge in [0.2, 0.25) is 6.79 Å². The number of anilines is 2. The number of hydrogen-bond donors (Lipinski definition) is 2. The van der Waals surface area contributed by atoms with Crippen molar-refractivity contribution in [2.24, 2.45) is 5.10 Å². The van der Waals surface area contributed by atoms with E-state index in [2.05, 4.69) is 15.2 Å². The predicted molar refractivity (Wildman–Crippen MR) is 124 cm³/mol. The van der Waals surface area contributed by atoms with E-state index in [0.29, 0.717) is 22.8 Å². The van der Waals surface area contributed by atoms with E-state index >= 15 is 0 Å². The fourth-order valence-corrected chi connectivity index (χ4v) is 4.51. The molecule has 0 atom stereocenters. The van der Waals surface area contributed by atoms with Gasteiger partial charge < -0.3 is 9.47 Å². The van der Waals surface area contributed by atoms with Gasteiger partial charge in [-0.2, -0.15) is 5.10 Å². The van der Waals surface area contributed by atoms with Crippen LogP contribution in [0.3, 0.4) is 0 Å². The molecule has 1 aliphatic heterocycles. The molecule has 2 N–H and O–H groups in total. The van der Waals surface area contributed by atoms with Crippen LogP contribution in [-0.4, -0.2) is 25.8 Å². The molecule has 3 aromatic rings. The van der Waals surface area contributed by atoms with Gasteiger partial charge in [-0.3, -0.25) is 20.3 Å². The first-order valence-corrected chi connectivity index (χ1v) is 11.4. The van der Waals surface area contributed by atoms with E-state index in [1.165, 1.54) is 24.3 Å². The van der Waals surface area contributed by atoms with E-state index in [-0.39, 0.29) is 28.1 Å². The molecule has 170 valence electrons. The van der Waals surface area contributed by atoms with E-state index in [1.807, 2.05) is 0 Å². The fraction of sp³-hybridized carbons (Fsp3) is 0.0952. The number of hydrogen-bond acceptors (Lipinski definition) is 8. The number of non-ortho nitro benzene ring substituents is 1. The van der Waals surface area contributed by atoms with Crippen molar-refractivity contribution in [2.45, 2.75) is 11.8 Å². The molecule has 33 heavy (non-hydrogen) atoms. The summed E-state index contributed by atoms with van der Waals surface area (Å²) in [5, 5.41) is 15.7. The van der Waals surface area contributed by atoms with Crippen LogP contribution >= 0.6 is 11.6 Å². The number of halogens is 1. The van der Waals surface area contributed by atoms with Crippen LogP contribution < -0.4 is 19.6 Å². The van der Waals surface area contributed by atoms with Crippen LogP contribution in [0, 0.1) is 10.1 Å². The third kappa shape index (κ3) is 4.83. The maximum Gasteiger partial charge on any atom is 0.270 e. The summed E-state index contributed by atoms with van der Waals surface area (Å²) in [7, 11) is -4.25. The molecule has 0 saturated carbocycles. The molecule has 0 bridgehead atoms. The van der Waals surface area contributed by atoms with Crippen LogP contribution in [-0.2, 0) is 10.0 Å². The number of nitro groups is 1. The molecule has 0 saturated heterocycles. The minimum Gasteiger partial charge on any atom is -0.454 e. The first kappa shape index (κ1) is 22.4. The number of rotatable bonds is 7. The number of hydrazone groups is 1. The van der Waals surface area contributed by atoms with Crippen molar-refractivity contribution in [3.8, 4) is 11.5 Å². The Morgan fingerprint density at radius 2 is 1.82 bits per heavy atom. The molecule has 0 fully saturated rings. The number of fused-ring (bicyclic) bond motifs is 1. The van der Waals surface area contributed by atoms with Gasteiger partial charge in [-0.1, -0.05) is 23.7 Å². The Morgan fingerprint density at radius 3 is 2.58 bits per heavy atom. The Bertz CT molecular complexity index is 1380. The SMILES string of the molecule is CC(=NNc1ccc([N+](=O)[O-])cc1S(=O)(=O)Nc1ccccc1Cl)c1ccc2c(c1)OCO2. The zero-order chi connectivity index (χ0) is 23.6. The molecule has 0 amide bonds. The molecule has 10 nitrogen and oxygen atoms in total. The summed E-state index contributed by atoms with van der Waals surface area (Å²) in [6.07, 6.45) is 0. The van der Waals surface area contributed by atoms with E-state index < -0.39 is 20.6 Å². The average Bonchev–Trinajstić information content (AvgIpc) is 3.26. The van der Waals surface area contributed by atoms with Gasteiger partial charge >= 0.3 is 0 Å². The molecule has 4 rings (SSSR count). The van der Waals surface area contributed by atoms with Gasteiger partial charge in [-0.25, -0.2) is 8.42 Å². The third-order valence-electron chi connectivity index (χ3n) is 4.72. The molecule has 1 aliphatic rings. The standard InChI is InChI=1S/C21H17ClN4O6S/c1-13(14-6-9-19-20(10-14)32-12-31-19)23-24-18-8-7-15(26(27)28)11-21(18)33(29,30)25-17-5-3-2-4-16(17)22/h2-11,24-25H,12H2,1H3. The highest BCUT2D eigenvalue weighted by Gasteiger charge is 2.23. The molecule has 0 radical (unpaired) electrons. The Labute approximate surface area is 194 Å². The lowest BCUT2D eigenvalue weighted by Crippen LogP contribution is -2.15. The summed E-state index contributed by atoms with van der Waals surface area (Å²) in [5.41, 5.74) is 3.72. The van der Waals surface area contributed by atoms with Crippen molar-refractivity contribution in [2.75, 3.05) is 16.9 Å². The number of nitro benzene ring substituents is 1. The zero-order valence-corrected chi connectivity index (χ0v) is 18.7. The van der Waals surface area contributed by atoms with E-state index in [1.54, 1.807) is 37.3 Å². The number of para-hydroxylation sites is 1. The maximum absolute atomic E-state index is 13.1. The third-order valence-corrected chi connectivity index (χ3v) is 6.45. The summed E-state index contributed by atoms with van der Waals surface area (Å²) < 4.78 is 39.2. The smallest absolute Gasteiger partial charge is 0.270 e. The number of nitrogens with zero attached hydrogens (tertiary/aromatic N) is 2. The van der Waals surface area contributed by atoms with E-state index in [0.717, 1.165) is 6.07 Å². The number of ether oxygens (including phenoxy) is 2. The molecule has 12 heteroatoms. The van der Waals surface area contributed by atoms with Crippen LogP contribution in [0.25, 0.3) is 0 Å². The van der Waals surface area contributed by atoms with Gasteiger partial charge in [-0.05, 0) is 43.3 Å². The lowest BCUT2D eigenvalue weighted by atomic mass is 10.1. The summed E-state index contributed by atoms with van der Waals surface area (Å²) >= 11 is 6.06. The second kappa shape index (κ2) is 8.96. The van der Waals surface area contributed by atoms with Crippen molar-refractivity contribution in [3.63, 3.8) is 0 Å². The second-order valence-electron chi connectivity index (χ2n) is 6.90. The zero-order valence-electron chi connectivity index (χ0n) is 17.1. The summed E-state index contributed by atoms with van der Waals surface area (Å²) in [5.74, 6) is 1.19. The lowest BCUT2D eigenvalue weighted by Gasteiger charge is -2.13. The van der Waals surface area contributed by atoms with Gasteiger partial charge in [0.25, 0.3) is 15.7 Å². The largest absolute Gasteiger partial charge is 0.454 e. The maximum atomic E-state index is 13.1. The predicted octanol–water partition coefficient (Wildman–Crippen LogP) is 4.61. The highest BCUT2D eigenvalue weighted by Crippen LogP contribution is 2.33. The minimum atomic E-state index is -4.25. The molecule has 0 unspecified atom stereocenters. The molecule has 0 spiro atoms. The van der Waals surface area contributed by atoms with Crippen molar-refractivity contribution < 1.29 is 22.8 Å². The lowest BCUT2D eigenvalue weighted by molar-refractivity contribution is -0.385. The fourth-order valence-electron chi connectivity index (χ4n) is 3.01. The summed E-state index contributed by atoms with van der Waals surface area (Å²) in [6.45, 7) is 1.85. The van der Waals surface area contributed by atoms with Gasteiger partial charge in [-0.15, -0.1) is 0 Å². The molecular weight excluding hydrogens is 472 g/mol. The van der Waals surface area contributed by atoms with Crippen molar-refractivity contribution in [1.29, 1.82) is 0 Å². The van der Waals surface area contributed by atoms with Gasteiger partial charge in [0.05, 0.1) is 27.0 Å². The van der Waals surface area contributed by atoms with E-state index in [9.17, 15) is 18.5 Å². The van der Waals surface area contributed by atoms with Crippen LogP contribution in [0.1, 0.15) is 12.5 Å². The number of nitrogens with one attached hydrogen (secondary N) is 2.